The number of anilines is 3. The number of rotatable bonds is 6. The van der Waals surface area contributed by atoms with Gasteiger partial charge in [0, 0.05) is 65.9 Å². The van der Waals surface area contributed by atoms with E-state index < -0.39 is 0 Å². The molecule has 0 aliphatic carbocycles. The summed E-state index contributed by atoms with van der Waals surface area (Å²) >= 11 is 0. The molecule has 13 rings (SSSR count). The molecule has 0 unspecified atom stereocenters. The third-order valence-electron chi connectivity index (χ3n) is 12.6. The summed E-state index contributed by atoms with van der Waals surface area (Å²) in [5.41, 5.74) is 14.5. The number of hydrogen-bond acceptors (Lipinski definition) is 3. The molecule has 4 heteroatoms. The highest BCUT2D eigenvalue weighted by Crippen LogP contribution is 2.46. The molecule has 4 nitrogen and oxygen atoms in total. The van der Waals surface area contributed by atoms with Gasteiger partial charge in [0.25, 0.3) is 0 Å². The van der Waals surface area contributed by atoms with Crippen molar-refractivity contribution in [1.29, 1.82) is 0 Å². The molecule has 0 N–H and O–H groups in total. The number of para-hydroxylation sites is 5. The van der Waals surface area contributed by atoms with Crippen molar-refractivity contribution in [3.8, 4) is 27.9 Å². The maximum absolute atomic E-state index is 6.94. The Morgan fingerprint density at radius 2 is 0.968 bits per heavy atom. The summed E-state index contributed by atoms with van der Waals surface area (Å²) in [6.07, 6.45) is 0. The summed E-state index contributed by atoms with van der Waals surface area (Å²) in [7, 11) is 0. The van der Waals surface area contributed by atoms with Crippen molar-refractivity contribution < 1.29 is 8.83 Å². The lowest BCUT2D eigenvalue weighted by Crippen LogP contribution is -2.12. The van der Waals surface area contributed by atoms with E-state index in [9.17, 15) is 0 Å². The van der Waals surface area contributed by atoms with Crippen LogP contribution in [0.3, 0.4) is 0 Å². The van der Waals surface area contributed by atoms with Crippen LogP contribution in [-0.4, -0.2) is 4.57 Å². The lowest BCUT2D eigenvalue weighted by molar-refractivity contribution is 0.669. The smallest absolute Gasteiger partial charge is 0.143 e. The molecule has 0 atom stereocenters. The summed E-state index contributed by atoms with van der Waals surface area (Å²) in [4.78, 5) is 2.39. The zero-order chi connectivity index (χ0) is 40.7. The molecule has 0 amide bonds. The summed E-state index contributed by atoms with van der Waals surface area (Å²) in [6, 6.07) is 78.0. The molecule has 0 radical (unpaired) electrons. The fourth-order valence-electron chi connectivity index (χ4n) is 9.84. The van der Waals surface area contributed by atoms with Gasteiger partial charge < -0.3 is 18.3 Å². The molecule has 62 heavy (non-hydrogen) atoms. The summed E-state index contributed by atoms with van der Waals surface area (Å²) < 4.78 is 15.6. The van der Waals surface area contributed by atoms with Gasteiger partial charge in [-0.15, -0.1) is 0 Å². The minimum absolute atomic E-state index is 0.876. The average molecular weight is 793 g/mol. The van der Waals surface area contributed by atoms with Crippen LogP contribution >= 0.6 is 0 Å². The van der Waals surface area contributed by atoms with Gasteiger partial charge in [0.15, 0.2) is 0 Å². The van der Waals surface area contributed by atoms with Gasteiger partial charge in [-0.3, -0.25) is 0 Å². The van der Waals surface area contributed by atoms with E-state index in [1.54, 1.807) is 0 Å². The Bertz CT molecular complexity index is 3830. The predicted molar refractivity (Wildman–Crippen MR) is 258 cm³/mol. The summed E-state index contributed by atoms with van der Waals surface area (Å²) in [5, 5.41) is 9.21. The van der Waals surface area contributed by atoms with Crippen LogP contribution in [0.5, 0.6) is 0 Å². The monoisotopic (exact) mass is 792 g/mol. The van der Waals surface area contributed by atoms with Crippen molar-refractivity contribution in [1.82, 2.24) is 4.57 Å². The minimum atomic E-state index is 0.876. The Labute approximate surface area is 356 Å². The van der Waals surface area contributed by atoms with Crippen LogP contribution < -0.4 is 4.90 Å². The standard InChI is InChI=1S/C58H36N2O2/c1-2-17-43-37(14-1)32-35-49-48-24-12-23-47(58(48)62-57(43)49)46-20-5-7-25-51(46)59(39-33-30-38(31-34-39)42-22-13-29-55-56(42)50-21-6-10-28-54(50)61-55)40-15-11-16-41(36-40)60-52-26-8-3-18-44(52)45-19-4-9-27-53(45)60/h1-36H. The predicted octanol–water partition coefficient (Wildman–Crippen LogP) is 16.5. The van der Waals surface area contributed by atoms with E-state index in [-0.39, 0.29) is 0 Å². The topological polar surface area (TPSA) is 34.5 Å². The molecule has 0 aliphatic rings. The first-order chi connectivity index (χ1) is 30.8. The highest BCUT2D eigenvalue weighted by Gasteiger charge is 2.22. The Balaban J connectivity index is 1.03. The van der Waals surface area contributed by atoms with E-state index in [2.05, 4.69) is 216 Å². The Morgan fingerprint density at radius 3 is 1.81 bits per heavy atom. The molecular formula is C58H36N2O2. The van der Waals surface area contributed by atoms with Crippen LogP contribution in [0, 0.1) is 0 Å². The fraction of sp³-hybridized carbons (Fsp3) is 0. The third-order valence-corrected chi connectivity index (χ3v) is 12.6. The molecule has 0 bridgehead atoms. The van der Waals surface area contributed by atoms with E-state index in [1.165, 1.54) is 21.8 Å². The van der Waals surface area contributed by atoms with Crippen molar-refractivity contribution in [2.45, 2.75) is 0 Å². The Kier molecular flexibility index (Phi) is 7.57. The normalized spacial score (nSPS) is 11.9. The van der Waals surface area contributed by atoms with Gasteiger partial charge in [-0.05, 0) is 83.2 Å². The van der Waals surface area contributed by atoms with E-state index in [1.807, 2.05) is 12.1 Å². The molecule has 3 aromatic heterocycles. The summed E-state index contributed by atoms with van der Waals surface area (Å²) in [5.74, 6) is 0. The number of hydrogen-bond donors (Lipinski definition) is 0. The summed E-state index contributed by atoms with van der Waals surface area (Å²) in [6.45, 7) is 0. The molecule has 0 fully saturated rings. The van der Waals surface area contributed by atoms with Crippen LogP contribution in [0.4, 0.5) is 17.1 Å². The highest BCUT2D eigenvalue weighted by molar-refractivity contribution is 6.18. The molecule has 0 aliphatic heterocycles. The molecule has 10 aromatic carbocycles. The van der Waals surface area contributed by atoms with Gasteiger partial charge in [0.05, 0.1) is 16.7 Å². The largest absolute Gasteiger partial charge is 0.456 e. The maximum atomic E-state index is 6.94. The molecule has 0 saturated carbocycles. The number of aromatic nitrogens is 1. The molecule has 13 aromatic rings. The van der Waals surface area contributed by atoms with E-state index in [4.69, 9.17) is 8.83 Å². The van der Waals surface area contributed by atoms with Crippen LogP contribution in [0.2, 0.25) is 0 Å². The number of nitrogens with zero attached hydrogens (tertiary/aromatic N) is 2. The van der Waals surface area contributed by atoms with Gasteiger partial charge in [-0.2, -0.15) is 0 Å². The van der Waals surface area contributed by atoms with Gasteiger partial charge in [0.1, 0.15) is 22.3 Å². The lowest BCUT2D eigenvalue weighted by atomic mass is 9.97. The maximum Gasteiger partial charge on any atom is 0.143 e. The van der Waals surface area contributed by atoms with Gasteiger partial charge in [-0.25, -0.2) is 0 Å². The second-order valence-electron chi connectivity index (χ2n) is 16.0. The molecule has 3 heterocycles. The van der Waals surface area contributed by atoms with Gasteiger partial charge in [-0.1, -0.05) is 152 Å². The van der Waals surface area contributed by atoms with Crippen molar-refractivity contribution in [3.63, 3.8) is 0 Å². The Hall–Kier alpha value is -8.34. The first-order valence-corrected chi connectivity index (χ1v) is 21.1. The molecule has 0 spiro atoms. The molecule has 0 saturated heterocycles. The van der Waals surface area contributed by atoms with Crippen LogP contribution in [0.15, 0.2) is 227 Å². The zero-order valence-corrected chi connectivity index (χ0v) is 33.5. The third kappa shape index (κ3) is 5.20. The Morgan fingerprint density at radius 1 is 0.355 bits per heavy atom. The minimum Gasteiger partial charge on any atom is -0.456 e. The van der Waals surface area contributed by atoms with Crippen LogP contribution in [0.1, 0.15) is 0 Å². The fourth-order valence-corrected chi connectivity index (χ4v) is 9.84. The van der Waals surface area contributed by atoms with Crippen molar-refractivity contribution >= 4 is 93.5 Å². The first-order valence-electron chi connectivity index (χ1n) is 21.1. The lowest BCUT2D eigenvalue weighted by Gasteiger charge is -2.28. The number of furan rings is 2. The van der Waals surface area contributed by atoms with E-state index >= 15 is 0 Å². The van der Waals surface area contributed by atoms with E-state index in [0.29, 0.717) is 0 Å². The SMILES string of the molecule is c1cc(N(c2ccc(-c3cccc4oc5ccccc5c34)cc2)c2ccccc2-c2cccc3c2oc2c4ccccc4ccc32)cc(-n2c3ccccc3c3ccccc32)c1. The molecule has 290 valence electrons. The quantitative estimate of drug-likeness (QED) is 0.168. The average Bonchev–Trinajstić information content (AvgIpc) is 4.02. The van der Waals surface area contributed by atoms with E-state index in [0.717, 1.165) is 99.7 Å². The van der Waals surface area contributed by atoms with Gasteiger partial charge >= 0.3 is 0 Å². The first kappa shape index (κ1) is 34.5. The number of fused-ring (bicyclic) bond motifs is 11. The second kappa shape index (κ2) is 13.6. The van der Waals surface area contributed by atoms with Gasteiger partial charge in [0.2, 0.25) is 0 Å². The molecular weight excluding hydrogens is 757 g/mol. The van der Waals surface area contributed by atoms with Crippen LogP contribution in [0.25, 0.3) is 104 Å². The second-order valence-corrected chi connectivity index (χ2v) is 16.0. The van der Waals surface area contributed by atoms with Crippen molar-refractivity contribution in [3.05, 3.63) is 218 Å². The zero-order valence-electron chi connectivity index (χ0n) is 33.5. The highest BCUT2D eigenvalue weighted by atomic mass is 16.3. The van der Waals surface area contributed by atoms with Crippen molar-refractivity contribution in [2.24, 2.45) is 0 Å². The van der Waals surface area contributed by atoms with Crippen LogP contribution in [-0.2, 0) is 0 Å². The van der Waals surface area contributed by atoms with Crippen molar-refractivity contribution in [2.75, 3.05) is 4.90 Å². The number of benzene rings is 10.